The van der Waals surface area contributed by atoms with E-state index in [0.29, 0.717) is 6.61 Å². The second kappa shape index (κ2) is 6.74. The highest BCUT2D eigenvalue weighted by Gasteiger charge is 1.94. The van der Waals surface area contributed by atoms with Crippen LogP contribution in [0.1, 0.15) is 12.8 Å². The average Bonchev–Trinajstić information content (AvgIpc) is 2.25. The van der Waals surface area contributed by atoms with E-state index in [1.54, 1.807) is 7.11 Å². The Morgan fingerprint density at radius 1 is 1.21 bits per heavy atom. The van der Waals surface area contributed by atoms with Gasteiger partial charge in [0.15, 0.2) is 0 Å². The van der Waals surface area contributed by atoms with Crippen LogP contribution in [0.4, 0.5) is 0 Å². The SMILES string of the molecule is COc1ccc(SCCCCO)cc1. The number of unbranched alkanes of at least 4 members (excludes halogenated alkanes) is 1. The van der Waals surface area contributed by atoms with Gasteiger partial charge in [-0.05, 0) is 42.9 Å². The highest BCUT2D eigenvalue weighted by molar-refractivity contribution is 7.99. The third kappa shape index (κ3) is 4.03. The van der Waals surface area contributed by atoms with Gasteiger partial charge in [-0.2, -0.15) is 0 Å². The number of methoxy groups -OCH3 is 1. The number of aliphatic hydroxyl groups is 1. The standard InChI is InChI=1S/C11H16O2S/c1-13-10-4-6-11(7-5-10)14-9-3-2-8-12/h4-7,12H,2-3,8-9H2,1H3. The van der Waals surface area contributed by atoms with Crippen LogP contribution in [0.5, 0.6) is 5.75 Å². The van der Waals surface area contributed by atoms with Crippen LogP contribution >= 0.6 is 11.8 Å². The van der Waals surface area contributed by atoms with Crippen molar-refractivity contribution in [1.82, 2.24) is 0 Å². The molecule has 0 aliphatic rings. The van der Waals surface area contributed by atoms with E-state index in [2.05, 4.69) is 12.1 Å². The van der Waals surface area contributed by atoms with Crippen molar-refractivity contribution < 1.29 is 9.84 Å². The van der Waals surface area contributed by atoms with Crippen LogP contribution in [0.2, 0.25) is 0 Å². The summed E-state index contributed by atoms with van der Waals surface area (Å²) < 4.78 is 5.07. The molecule has 0 saturated heterocycles. The van der Waals surface area contributed by atoms with Crippen LogP contribution in [0.3, 0.4) is 0 Å². The molecule has 0 amide bonds. The summed E-state index contributed by atoms with van der Waals surface area (Å²) in [6.45, 7) is 0.295. The molecule has 0 unspecified atom stereocenters. The topological polar surface area (TPSA) is 29.5 Å². The number of aliphatic hydroxyl groups excluding tert-OH is 1. The first-order valence-electron chi connectivity index (χ1n) is 4.74. The van der Waals surface area contributed by atoms with E-state index >= 15 is 0 Å². The molecule has 0 heterocycles. The predicted molar refractivity (Wildman–Crippen MR) is 60.0 cm³/mol. The van der Waals surface area contributed by atoms with Gasteiger partial charge in [-0.1, -0.05) is 0 Å². The van der Waals surface area contributed by atoms with Gasteiger partial charge in [0.25, 0.3) is 0 Å². The van der Waals surface area contributed by atoms with Gasteiger partial charge in [0.1, 0.15) is 5.75 Å². The molecular formula is C11H16O2S. The minimum atomic E-state index is 0.295. The highest BCUT2D eigenvalue weighted by Crippen LogP contribution is 2.21. The van der Waals surface area contributed by atoms with Gasteiger partial charge in [-0.3, -0.25) is 0 Å². The Hall–Kier alpha value is -0.670. The maximum Gasteiger partial charge on any atom is 0.118 e. The molecule has 3 heteroatoms. The number of hydrogen-bond donors (Lipinski definition) is 1. The molecule has 0 spiro atoms. The number of thioether (sulfide) groups is 1. The first-order valence-corrected chi connectivity index (χ1v) is 5.73. The predicted octanol–water partition coefficient (Wildman–Crippen LogP) is 2.56. The lowest BCUT2D eigenvalue weighted by molar-refractivity contribution is 0.287. The van der Waals surface area contributed by atoms with Crippen molar-refractivity contribution in [3.63, 3.8) is 0 Å². The molecule has 1 N–H and O–H groups in total. The van der Waals surface area contributed by atoms with Crippen LogP contribution in [0, 0.1) is 0 Å². The smallest absolute Gasteiger partial charge is 0.118 e. The van der Waals surface area contributed by atoms with Gasteiger partial charge in [0.2, 0.25) is 0 Å². The third-order valence-electron chi connectivity index (χ3n) is 1.88. The minimum absolute atomic E-state index is 0.295. The molecule has 2 nitrogen and oxygen atoms in total. The summed E-state index contributed by atoms with van der Waals surface area (Å²) >= 11 is 1.81. The Balaban J connectivity index is 2.29. The molecule has 1 rings (SSSR count). The fourth-order valence-electron chi connectivity index (χ4n) is 1.08. The molecular weight excluding hydrogens is 196 g/mol. The lowest BCUT2D eigenvalue weighted by Gasteiger charge is -2.02. The first-order chi connectivity index (χ1) is 6.86. The maximum absolute atomic E-state index is 8.61. The summed E-state index contributed by atoms with van der Waals surface area (Å²) in [5.41, 5.74) is 0. The Labute approximate surface area is 89.3 Å². The first kappa shape index (κ1) is 11.4. The summed E-state index contributed by atoms with van der Waals surface area (Å²) in [5.74, 6) is 1.96. The molecule has 0 fully saturated rings. The lowest BCUT2D eigenvalue weighted by Crippen LogP contribution is -1.85. The van der Waals surface area contributed by atoms with Crippen molar-refractivity contribution in [2.75, 3.05) is 19.5 Å². The molecule has 0 aliphatic heterocycles. The van der Waals surface area contributed by atoms with Gasteiger partial charge >= 0.3 is 0 Å². The zero-order valence-corrected chi connectivity index (χ0v) is 9.22. The summed E-state index contributed by atoms with van der Waals surface area (Å²) in [6, 6.07) is 8.05. The zero-order chi connectivity index (χ0) is 10.2. The van der Waals surface area contributed by atoms with Gasteiger partial charge in [-0.15, -0.1) is 11.8 Å². The number of hydrogen-bond acceptors (Lipinski definition) is 3. The van der Waals surface area contributed by atoms with Crippen molar-refractivity contribution in [1.29, 1.82) is 0 Å². The molecule has 14 heavy (non-hydrogen) atoms. The fourth-order valence-corrected chi connectivity index (χ4v) is 1.99. The van der Waals surface area contributed by atoms with Crippen LogP contribution in [-0.4, -0.2) is 24.6 Å². The summed E-state index contributed by atoms with van der Waals surface area (Å²) in [4.78, 5) is 1.25. The van der Waals surface area contributed by atoms with Crippen LogP contribution in [0.15, 0.2) is 29.2 Å². The fraction of sp³-hybridized carbons (Fsp3) is 0.455. The highest BCUT2D eigenvalue weighted by atomic mass is 32.2. The lowest BCUT2D eigenvalue weighted by atomic mass is 10.3. The normalized spacial score (nSPS) is 10.1. The second-order valence-electron chi connectivity index (χ2n) is 2.95. The van der Waals surface area contributed by atoms with Gasteiger partial charge in [0, 0.05) is 11.5 Å². The van der Waals surface area contributed by atoms with Gasteiger partial charge < -0.3 is 9.84 Å². The summed E-state index contributed by atoms with van der Waals surface area (Å²) in [5, 5.41) is 8.61. The molecule has 78 valence electrons. The van der Waals surface area contributed by atoms with Gasteiger partial charge in [-0.25, -0.2) is 0 Å². The number of benzene rings is 1. The van der Waals surface area contributed by atoms with Crippen molar-refractivity contribution in [2.24, 2.45) is 0 Å². The van der Waals surface area contributed by atoms with E-state index in [1.165, 1.54) is 4.90 Å². The van der Waals surface area contributed by atoms with Crippen molar-refractivity contribution in [3.05, 3.63) is 24.3 Å². The van der Waals surface area contributed by atoms with Crippen LogP contribution in [-0.2, 0) is 0 Å². The molecule has 1 aromatic rings. The molecule has 0 saturated carbocycles. The van der Waals surface area contributed by atoms with E-state index < -0.39 is 0 Å². The molecule has 0 radical (unpaired) electrons. The van der Waals surface area contributed by atoms with E-state index in [1.807, 2.05) is 23.9 Å². The molecule has 0 atom stereocenters. The van der Waals surface area contributed by atoms with Crippen molar-refractivity contribution in [3.8, 4) is 5.75 Å². The number of ether oxygens (including phenoxy) is 1. The number of rotatable bonds is 6. The largest absolute Gasteiger partial charge is 0.497 e. The minimum Gasteiger partial charge on any atom is -0.497 e. The molecule has 0 aromatic heterocycles. The second-order valence-corrected chi connectivity index (χ2v) is 4.12. The molecule has 0 bridgehead atoms. The van der Waals surface area contributed by atoms with Crippen molar-refractivity contribution >= 4 is 11.8 Å². The summed E-state index contributed by atoms with van der Waals surface area (Å²) in [6.07, 6.45) is 1.95. The average molecular weight is 212 g/mol. The Morgan fingerprint density at radius 3 is 2.50 bits per heavy atom. The van der Waals surface area contributed by atoms with E-state index in [-0.39, 0.29) is 0 Å². The van der Waals surface area contributed by atoms with Crippen LogP contribution in [0.25, 0.3) is 0 Å². The van der Waals surface area contributed by atoms with Crippen molar-refractivity contribution in [2.45, 2.75) is 17.7 Å². The Kier molecular flexibility index (Phi) is 5.49. The van der Waals surface area contributed by atoms with Gasteiger partial charge in [0.05, 0.1) is 7.11 Å². The Morgan fingerprint density at radius 2 is 1.93 bits per heavy atom. The Bertz CT molecular complexity index is 246. The maximum atomic E-state index is 8.61. The monoisotopic (exact) mass is 212 g/mol. The zero-order valence-electron chi connectivity index (χ0n) is 8.40. The van der Waals surface area contributed by atoms with E-state index in [9.17, 15) is 0 Å². The quantitative estimate of drug-likeness (QED) is 0.580. The molecule has 1 aromatic carbocycles. The van der Waals surface area contributed by atoms with E-state index in [4.69, 9.17) is 9.84 Å². The summed E-state index contributed by atoms with van der Waals surface area (Å²) in [7, 11) is 1.67. The van der Waals surface area contributed by atoms with E-state index in [0.717, 1.165) is 24.3 Å². The molecule has 0 aliphatic carbocycles. The van der Waals surface area contributed by atoms with Crippen LogP contribution < -0.4 is 4.74 Å². The third-order valence-corrected chi connectivity index (χ3v) is 2.98.